The molecule has 7 heteroatoms. The Morgan fingerprint density at radius 3 is 2.84 bits per heavy atom. The van der Waals surface area contributed by atoms with Crippen LogP contribution in [0.25, 0.3) is 0 Å². The van der Waals surface area contributed by atoms with Gasteiger partial charge in [-0.2, -0.15) is 5.26 Å². The molecule has 1 atom stereocenters. The van der Waals surface area contributed by atoms with E-state index in [4.69, 9.17) is 10.00 Å². The third-order valence-electron chi connectivity index (χ3n) is 2.39. The van der Waals surface area contributed by atoms with Gasteiger partial charge in [0.15, 0.2) is 0 Å². The number of nitrogens with zero attached hydrogens (tertiary/aromatic N) is 2. The minimum absolute atomic E-state index is 0.0566. The molecule has 1 rings (SSSR count). The van der Waals surface area contributed by atoms with Gasteiger partial charge in [0, 0.05) is 22.5 Å². The highest BCUT2D eigenvalue weighted by molar-refractivity contribution is 9.10. The van der Waals surface area contributed by atoms with Crippen LogP contribution >= 0.6 is 15.9 Å². The Labute approximate surface area is 118 Å². The summed E-state index contributed by atoms with van der Waals surface area (Å²) in [5.74, 6) is 0.0566. The summed E-state index contributed by atoms with van der Waals surface area (Å²) < 4.78 is 5.87. The molecule has 6 nitrogen and oxygen atoms in total. The first-order valence-electron chi connectivity index (χ1n) is 5.63. The number of nitriles is 1. The van der Waals surface area contributed by atoms with Crippen LogP contribution in [0, 0.1) is 21.4 Å². The van der Waals surface area contributed by atoms with Crippen LogP contribution in [0.5, 0.6) is 5.75 Å². The number of rotatable bonds is 6. The molecule has 19 heavy (non-hydrogen) atoms. The lowest BCUT2D eigenvalue weighted by atomic mass is 10.1. The van der Waals surface area contributed by atoms with Gasteiger partial charge in [-0.25, -0.2) is 0 Å². The van der Waals surface area contributed by atoms with Gasteiger partial charge in [0.25, 0.3) is 0 Å². The number of ether oxygens (including phenoxy) is 1. The highest BCUT2D eigenvalue weighted by atomic mass is 79.9. The molecule has 0 saturated heterocycles. The maximum absolute atomic E-state index is 11.0. The van der Waals surface area contributed by atoms with Crippen molar-refractivity contribution in [2.75, 3.05) is 6.61 Å². The van der Waals surface area contributed by atoms with Crippen molar-refractivity contribution in [3.05, 3.63) is 32.3 Å². The van der Waals surface area contributed by atoms with E-state index in [-0.39, 0.29) is 18.0 Å². The Morgan fingerprint density at radius 1 is 1.63 bits per heavy atom. The van der Waals surface area contributed by atoms with Crippen LogP contribution in [-0.4, -0.2) is 16.6 Å². The van der Waals surface area contributed by atoms with Crippen molar-refractivity contribution in [2.24, 2.45) is 0 Å². The summed E-state index contributed by atoms with van der Waals surface area (Å²) in [5, 5.41) is 29.1. The number of nitro benzene ring substituents is 1. The van der Waals surface area contributed by atoms with E-state index in [0.717, 1.165) is 0 Å². The van der Waals surface area contributed by atoms with Crippen LogP contribution in [0.4, 0.5) is 5.69 Å². The number of nitro groups is 1. The van der Waals surface area contributed by atoms with E-state index in [1.165, 1.54) is 13.0 Å². The molecule has 1 aromatic rings. The van der Waals surface area contributed by atoms with Crippen molar-refractivity contribution in [1.82, 2.24) is 0 Å². The van der Waals surface area contributed by atoms with Gasteiger partial charge in [0.05, 0.1) is 23.7 Å². The minimum atomic E-state index is -0.887. The van der Waals surface area contributed by atoms with Crippen LogP contribution < -0.4 is 4.74 Å². The fraction of sp³-hybridized carbons (Fsp3) is 0.417. The molecule has 0 spiro atoms. The molecule has 102 valence electrons. The average molecular weight is 329 g/mol. The fourth-order valence-corrected chi connectivity index (χ4v) is 1.99. The van der Waals surface area contributed by atoms with Crippen molar-refractivity contribution in [2.45, 2.75) is 25.9 Å². The molecule has 0 aliphatic heterocycles. The molecule has 1 N–H and O–H groups in total. The van der Waals surface area contributed by atoms with E-state index in [1.807, 2.05) is 6.07 Å². The normalized spacial score (nSPS) is 11.7. The third kappa shape index (κ3) is 4.19. The van der Waals surface area contributed by atoms with Gasteiger partial charge < -0.3 is 9.84 Å². The molecule has 0 bridgehead atoms. The van der Waals surface area contributed by atoms with E-state index < -0.39 is 11.0 Å². The lowest BCUT2D eigenvalue weighted by Crippen LogP contribution is -2.05. The Bertz CT molecular complexity index is 511. The smallest absolute Gasteiger partial charge is 0.312 e. The summed E-state index contributed by atoms with van der Waals surface area (Å²) in [4.78, 5) is 10.4. The summed E-state index contributed by atoms with van der Waals surface area (Å²) in [6.45, 7) is 1.70. The predicted molar refractivity (Wildman–Crippen MR) is 71.8 cm³/mol. The number of aliphatic hydroxyl groups is 1. The van der Waals surface area contributed by atoms with E-state index in [0.29, 0.717) is 22.9 Å². The number of hydrogen-bond donors (Lipinski definition) is 1. The maximum atomic E-state index is 11.0. The highest BCUT2D eigenvalue weighted by Crippen LogP contribution is 2.37. The number of aliphatic hydroxyl groups excluding tert-OH is 1. The molecule has 0 fully saturated rings. The second-order valence-electron chi connectivity index (χ2n) is 3.89. The SMILES string of the molecule is CC(O)c1cc(Br)cc([N+](=O)[O-])c1OCCCC#N. The van der Waals surface area contributed by atoms with Crippen molar-refractivity contribution >= 4 is 21.6 Å². The van der Waals surface area contributed by atoms with Crippen molar-refractivity contribution in [3.8, 4) is 11.8 Å². The molecule has 0 aliphatic carbocycles. The second kappa shape index (κ2) is 7.07. The Balaban J connectivity index is 3.09. The summed E-state index contributed by atoms with van der Waals surface area (Å²) in [6, 6.07) is 4.87. The van der Waals surface area contributed by atoms with Crippen LogP contribution in [0.1, 0.15) is 31.4 Å². The zero-order valence-electron chi connectivity index (χ0n) is 10.3. The summed E-state index contributed by atoms with van der Waals surface area (Å²) in [6.07, 6.45) is -0.0979. The molecular weight excluding hydrogens is 316 g/mol. The van der Waals surface area contributed by atoms with Crippen LogP contribution in [0.3, 0.4) is 0 Å². The first-order valence-corrected chi connectivity index (χ1v) is 6.42. The van der Waals surface area contributed by atoms with Crippen LogP contribution in [0.2, 0.25) is 0 Å². The van der Waals surface area contributed by atoms with Crippen molar-refractivity contribution in [1.29, 1.82) is 5.26 Å². The van der Waals surface area contributed by atoms with Crippen molar-refractivity contribution in [3.63, 3.8) is 0 Å². The second-order valence-corrected chi connectivity index (χ2v) is 4.80. The molecule has 0 aromatic heterocycles. The standard InChI is InChI=1S/C12H13BrN2O4/c1-8(16)10-6-9(13)7-11(15(17)18)12(10)19-5-3-2-4-14/h6-8,16H,2-3,5H2,1H3. The van der Waals surface area contributed by atoms with Gasteiger partial charge in [-0.3, -0.25) is 10.1 Å². The molecule has 0 aliphatic rings. The largest absolute Gasteiger partial charge is 0.487 e. The molecule has 1 aromatic carbocycles. The number of halogens is 1. The number of hydrogen-bond acceptors (Lipinski definition) is 5. The van der Waals surface area contributed by atoms with Crippen LogP contribution in [-0.2, 0) is 0 Å². The Morgan fingerprint density at radius 2 is 2.32 bits per heavy atom. The lowest BCUT2D eigenvalue weighted by molar-refractivity contribution is -0.386. The molecule has 0 amide bonds. The van der Waals surface area contributed by atoms with Gasteiger partial charge in [-0.15, -0.1) is 0 Å². The topological polar surface area (TPSA) is 96.4 Å². The van der Waals surface area contributed by atoms with Gasteiger partial charge >= 0.3 is 5.69 Å². The van der Waals surface area contributed by atoms with Gasteiger partial charge in [-0.05, 0) is 19.4 Å². The first-order chi connectivity index (χ1) is 8.97. The van der Waals surface area contributed by atoms with Gasteiger partial charge in [0.2, 0.25) is 5.75 Å². The molecule has 1 unspecified atom stereocenters. The average Bonchev–Trinajstić information content (AvgIpc) is 2.34. The maximum Gasteiger partial charge on any atom is 0.312 e. The zero-order valence-corrected chi connectivity index (χ0v) is 11.9. The van der Waals surface area contributed by atoms with E-state index in [9.17, 15) is 15.2 Å². The fourth-order valence-electron chi connectivity index (χ4n) is 1.53. The molecule has 0 saturated carbocycles. The Hall–Kier alpha value is -1.65. The molecular formula is C12H13BrN2O4. The van der Waals surface area contributed by atoms with Gasteiger partial charge in [0.1, 0.15) is 0 Å². The summed E-state index contributed by atoms with van der Waals surface area (Å²) in [5.41, 5.74) is 0.139. The summed E-state index contributed by atoms with van der Waals surface area (Å²) in [7, 11) is 0. The molecule has 0 heterocycles. The molecule has 0 radical (unpaired) electrons. The Kier molecular flexibility index (Phi) is 5.73. The number of benzene rings is 1. The lowest BCUT2D eigenvalue weighted by Gasteiger charge is -2.13. The van der Waals surface area contributed by atoms with E-state index in [2.05, 4.69) is 15.9 Å². The monoisotopic (exact) mass is 328 g/mol. The predicted octanol–water partition coefficient (Wildman–Crippen LogP) is 3.09. The van der Waals surface area contributed by atoms with E-state index in [1.54, 1.807) is 6.07 Å². The zero-order chi connectivity index (χ0) is 14.4. The third-order valence-corrected chi connectivity index (χ3v) is 2.85. The van der Waals surface area contributed by atoms with Gasteiger partial charge in [-0.1, -0.05) is 15.9 Å². The number of unbranched alkanes of at least 4 members (excludes halogenated alkanes) is 1. The minimum Gasteiger partial charge on any atom is -0.487 e. The van der Waals surface area contributed by atoms with E-state index >= 15 is 0 Å². The van der Waals surface area contributed by atoms with Crippen LogP contribution in [0.15, 0.2) is 16.6 Å². The quantitative estimate of drug-likeness (QED) is 0.491. The summed E-state index contributed by atoms with van der Waals surface area (Å²) >= 11 is 3.16. The highest BCUT2D eigenvalue weighted by Gasteiger charge is 2.23. The first kappa shape index (κ1) is 15.4. The van der Waals surface area contributed by atoms with Crippen molar-refractivity contribution < 1.29 is 14.8 Å².